The summed E-state index contributed by atoms with van der Waals surface area (Å²) >= 11 is 0. The largest absolute Gasteiger partial charge is 0.396 e. The molecule has 86 valence electrons. The van der Waals surface area contributed by atoms with Gasteiger partial charge >= 0.3 is 0 Å². The summed E-state index contributed by atoms with van der Waals surface area (Å²) in [5.74, 6) is 0. The highest BCUT2D eigenvalue weighted by atomic mass is 28.4. The van der Waals surface area contributed by atoms with E-state index in [0.29, 0.717) is 6.61 Å². The highest BCUT2D eigenvalue weighted by Crippen LogP contribution is 2.26. The maximum Gasteiger partial charge on any atom is 0.121 e. The third-order valence-electron chi connectivity index (χ3n) is 2.94. The number of hydrogen-bond donors (Lipinski definition) is 1. The van der Waals surface area contributed by atoms with Crippen LogP contribution in [-0.2, 0) is 0 Å². The molecule has 1 nitrogen and oxygen atoms in total. The van der Waals surface area contributed by atoms with Crippen molar-refractivity contribution in [3.63, 3.8) is 0 Å². The number of aliphatic hydroxyl groups is 1. The van der Waals surface area contributed by atoms with Crippen LogP contribution in [0.2, 0.25) is 24.8 Å². The molecule has 0 aromatic heterocycles. The molecule has 0 atom stereocenters. The second-order valence-corrected chi connectivity index (χ2v) is 14.6. The Bertz CT molecular complexity index is 212. The van der Waals surface area contributed by atoms with Crippen LogP contribution in [0.4, 0.5) is 0 Å². The smallest absolute Gasteiger partial charge is 0.121 e. The van der Waals surface area contributed by atoms with E-state index in [2.05, 4.69) is 49.9 Å². The van der Waals surface area contributed by atoms with E-state index in [1.165, 1.54) is 11.7 Å². The Hall–Kier alpha value is -0.386. The van der Waals surface area contributed by atoms with E-state index in [0.717, 1.165) is 6.42 Å². The molecule has 0 aliphatic heterocycles. The summed E-state index contributed by atoms with van der Waals surface area (Å²) < 4.78 is 0. The topological polar surface area (TPSA) is 20.2 Å². The summed E-state index contributed by atoms with van der Waals surface area (Å²) in [6, 6.07) is 1.17. The zero-order valence-corrected chi connectivity index (χ0v) is 12.1. The van der Waals surface area contributed by atoms with Crippen molar-refractivity contribution in [2.45, 2.75) is 31.2 Å². The SMILES string of the molecule is C=C[Si](C=C)(C=C)C[Si](C)(C)CCCO. The minimum absolute atomic E-state index is 0.307. The van der Waals surface area contributed by atoms with Crippen LogP contribution in [0.15, 0.2) is 36.8 Å². The Morgan fingerprint density at radius 2 is 1.53 bits per heavy atom. The van der Waals surface area contributed by atoms with Crippen LogP contribution < -0.4 is 0 Å². The van der Waals surface area contributed by atoms with Crippen molar-refractivity contribution in [3.8, 4) is 0 Å². The number of rotatable bonds is 8. The highest BCUT2D eigenvalue weighted by Gasteiger charge is 2.32. The van der Waals surface area contributed by atoms with Crippen molar-refractivity contribution < 1.29 is 5.11 Å². The maximum absolute atomic E-state index is 8.87. The van der Waals surface area contributed by atoms with Crippen LogP contribution in [0, 0.1) is 0 Å². The Balaban J connectivity index is 4.57. The first-order valence-corrected chi connectivity index (χ1v) is 11.3. The summed E-state index contributed by atoms with van der Waals surface area (Å²) in [5, 5.41) is 8.87. The van der Waals surface area contributed by atoms with E-state index in [1.807, 2.05) is 0 Å². The third kappa shape index (κ3) is 4.77. The van der Waals surface area contributed by atoms with Gasteiger partial charge in [0.05, 0.1) is 0 Å². The van der Waals surface area contributed by atoms with E-state index < -0.39 is 16.1 Å². The Morgan fingerprint density at radius 1 is 1.07 bits per heavy atom. The molecule has 0 bridgehead atoms. The minimum Gasteiger partial charge on any atom is -0.396 e. The Morgan fingerprint density at radius 3 is 1.87 bits per heavy atom. The summed E-state index contributed by atoms with van der Waals surface area (Å²) in [6.45, 7) is 16.9. The fourth-order valence-corrected chi connectivity index (χ4v) is 12.6. The molecule has 0 radical (unpaired) electrons. The van der Waals surface area contributed by atoms with Gasteiger partial charge in [-0.3, -0.25) is 0 Å². The van der Waals surface area contributed by atoms with Gasteiger partial charge in [0.2, 0.25) is 0 Å². The fourth-order valence-electron chi connectivity index (χ4n) is 1.94. The van der Waals surface area contributed by atoms with Gasteiger partial charge in [-0.25, -0.2) is 0 Å². The molecular weight excluding hydrogens is 216 g/mol. The van der Waals surface area contributed by atoms with Gasteiger partial charge < -0.3 is 5.11 Å². The normalized spacial score (nSPS) is 12.2. The maximum atomic E-state index is 8.87. The van der Waals surface area contributed by atoms with Gasteiger partial charge in [0, 0.05) is 14.7 Å². The first-order chi connectivity index (χ1) is 6.95. The Labute approximate surface area is 96.2 Å². The van der Waals surface area contributed by atoms with Gasteiger partial charge in [-0.2, -0.15) is 0 Å². The van der Waals surface area contributed by atoms with E-state index in [4.69, 9.17) is 5.11 Å². The lowest BCUT2D eigenvalue weighted by Crippen LogP contribution is -2.40. The molecule has 0 unspecified atom stereocenters. The van der Waals surface area contributed by atoms with Crippen molar-refractivity contribution in [2.75, 3.05) is 6.61 Å². The molecule has 0 saturated carbocycles. The first kappa shape index (κ1) is 14.6. The monoisotopic (exact) mass is 240 g/mol. The average molecular weight is 240 g/mol. The molecule has 0 saturated heterocycles. The quantitative estimate of drug-likeness (QED) is 0.646. The van der Waals surface area contributed by atoms with Crippen molar-refractivity contribution in [1.29, 1.82) is 0 Å². The lowest BCUT2D eigenvalue weighted by atomic mass is 10.5. The molecule has 3 heteroatoms. The summed E-state index contributed by atoms with van der Waals surface area (Å²) in [5.41, 5.74) is 7.43. The molecule has 0 fully saturated rings. The van der Waals surface area contributed by atoms with E-state index >= 15 is 0 Å². The molecule has 1 N–H and O–H groups in total. The molecule has 0 aliphatic carbocycles. The van der Waals surface area contributed by atoms with Crippen molar-refractivity contribution >= 4 is 16.1 Å². The molecule has 0 heterocycles. The number of aliphatic hydroxyl groups excluding tert-OH is 1. The molecule has 0 aliphatic rings. The van der Waals surface area contributed by atoms with E-state index in [1.54, 1.807) is 0 Å². The third-order valence-corrected chi connectivity index (χ3v) is 13.2. The zero-order valence-electron chi connectivity index (χ0n) is 10.1. The van der Waals surface area contributed by atoms with Gasteiger partial charge in [-0.15, -0.1) is 19.7 Å². The predicted octanol–water partition coefficient (Wildman–Crippen LogP) is 3.24. The van der Waals surface area contributed by atoms with Gasteiger partial charge in [-0.05, 0) is 6.42 Å². The number of hydrogen-bond acceptors (Lipinski definition) is 1. The second kappa shape index (κ2) is 6.25. The van der Waals surface area contributed by atoms with Crippen molar-refractivity contribution in [3.05, 3.63) is 36.8 Å². The van der Waals surface area contributed by atoms with Crippen LogP contribution in [0.5, 0.6) is 0 Å². The van der Waals surface area contributed by atoms with Gasteiger partial charge in [-0.1, -0.05) is 41.9 Å². The van der Waals surface area contributed by atoms with Crippen LogP contribution in [0.1, 0.15) is 6.42 Å². The van der Waals surface area contributed by atoms with Crippen LogP contribution in [0.3, 0.4) is 0 Å². The van der Waals surface area contributed by atoms with Crippen LogP contribution in [-0.4, -0.2) is 27.9 Å². The van der Waals surface area contributed by atoms with Gasteiger partial charge in [0.25, 0.3) is 0 Å². The summed E-state index contributed by atoms with van der Waals surface area (Å²) in [7, 11) is -2.87. The molecule has 0 aromatic carbocycles. The Kier molecular flexibility index (Phi) is 6.09. The van der Waals surface area contributed by atoms with E-state index in [9.17, 15) is 0 Å². The molecular formula is C12H24OSi2. The minimum atomic E-state index is -1.63. The molecule has 0 spiro atoms. The molecule has 0 aromatic rings. The predicted molar refractivity (Wildman–Crippen MR) is 75.1 cm³/mol. The lowest BCUT2D eigenvalue weighted by Gasteiger charge is -2.30. The van der Waals surface area contributed by atoms with Gasteiger partial charge in [0.15, 0.2) is 0 Å². The van der Waals surface area contributed by atoms with Crippen LogP contribution >= 0.6 is 0 Å². The second-order valence-electron chi connectivity index (χ2n) is 4.89. The summed E-state index contributed by atoms with van der Waals surface area (Å²) in [4.78, 5) is 0. The van der Waals surface area contributed by atoms with E-state index in [-0.39, 0.29) is 0 Å². The molecule has 15 heavy (non-hydrogen) atoms. The first-order valence-electron chi connectivity index (χ1n) is 5.47. The standard InChI is InChI=1S/C12H24OSi2/c1-6-15(7-2,8-3)12-14(4,5)11-9-10-13/h6-8,13H,1-3,9-12H2,4-5H3. The van der Waals surface area contributed by atoms with Crippen molar-refractivity contribution in [1.82, 2.24) is 0 Å². The van der Waals surface area contributed by atoms with Crippen molar-refractivity contribution in [2.24, 2.45) is 0 Å². The lowest BCUT2D eigenvalue weighted by molar-refractivity contribution is 0.294. The van der Waals surface area contributed by atoms with Crippen LogP contribution in [0.25, 0.3) is 0 Å². The molecule has 0 rings (SSSR count). The summed E-state index contributed by atoms with van der Waals surface area (Å²) in [6.07, 6.45) is 0.926. The fraction of sp³-hybridized carbons (Fsp3) is 0.500. The van der Waals surface area contributed by atoms with Gasteiger partial charge in [0.1, 0.15) is 8.07 Å². The molecule has 0 amide bonds. The highest BCUT2D eigenvalue weighted by molar-refractivity contribution is 7.03. The zero-order chi connectivity index (χ0) is 11.9. The average Bonchev–Trinajstić information content (AvgIpc) is 2.23.